The summed E-state index contributed by atoms with van der Waals surface area (Å²) in [7, 11) is 0. The maximum absolute atomic E-state index is 10.6. The van der Waals surface area contributed by atoms with Gasteiger partial charge in [-0.2, -0.15) is 11.8 Å². The predicted molar refractivity (Wildman–Crippen MR) is 80.2 cm³/mol. The molecule has 0 atom stereocenters. The van der Waals surface area contributed by atoms with Gasteiger partial charge in [0, 0.05) is 17.8 Å². The van der Waals surface area contributed by atoms with Crippen molar-refractivity contribution in [3.63, 3.8) is 0 Å². The molecule has 2 nitrogen and oxygen atoms in total. The van der Waals surface area contributed by atoms with Gasteiger partial charge in [-0.1, -0.05) is 25.7 Å². The average molecular weight is 271 g/mol. The van der Waals surface area contributed by atoms with Crippen molar-refractivity contribution >= 4 is 11.8 Å². The number of thioether (sulfide) groups is 1. The summed E-state index contributed by atoms with van der Waals surface area (Å²) in [5.41, 5.74) is -0.410. The Bertz CT molecular complexity index is 231. The predicted octanol–water partition coefficient (Wildman–Crippen LogP) is 3.34. The van der Waals surface area contributed by atoms with Gasteiger partial charge in [-0.05, 0) is 44.8 Å². The molecule has 0 spiro atoms. The van der Waals surface area contributed by atoms with Gasteiger partial charge in [0.25, 0.3) is 0 Å². The van der Waals surface area contributed by atoms with Crippen molar-refractivity contribution in [2.24, 2.45) is 0 Å². The Labute approximate surface area is 116 Å². The van der Waals surface area contributed by atoms with Crippen LogP contribution in [0.2, 0.25) is 0 Å². The van der Waals surface area contributed by atoms with Gasteiger partial charge in [-0.3, -0.25) is 0 Å². The molecule has 0 unspecified atom stereocenters. The van der Waals surface area contributed by atoms with E-state index in [2.05, 4.69) is 11.6 Å². The first kappa shape index (κ1) is 14.7. The van der Waals surface area contributed by atoms with Crippen molar-refractivity contribution < 1.29 is 5.11 Å². The highest BCUT2D eigenvalue weighted by molar-refractivity contribution is 7.99. The number of aliphatic hydroxyl groups is 1. The SMILES string of the molecule is CSC1CCC(NCC2(O)CCCCCC2)CC1. The fourth-order valence-corrected chi connectivity index (χ4v) is 4.14. The molecule has 2 N–H and O–H groups in total. The van der Waals surface area contributed by atoms with E-state index in [1.165, 1.54) is 51.4 Å². The quantitative estimate of drug-likeness (QED) is 0.769. The van der Waals surface area contributed by atoms with Crippen molar-refractivity contribution in [2.45, 2.75) is 81.1 Å². The van der Waals surface area contributed by atoms with Gasteiger partial charge >= 0.3 is 0 Å². The summed E-state index contributed by atoms with van der Waals surface area (Å²) in [6.07, 6.45) is 14.5. The Morgan fingerprint density at radius 3 is 2.22 bits per heavy atom. The van der Waals surface area contributed by atoms with Gasteiger partial charge < -0.3 is 10.4 Å². The normalized spacial score (nSPS) is 33.0. The van der Waals surface area contributed by atoms with Crippen LogP contribution in [0.1, 0.15) is 64.2 Å². The van der Waals surface area contributed by atoms with Crippen LogP contribution in [-0.4, -0.2) is 34.8 Å². The molecule has 2 aliphatic rings. The molecule has 0 heterocycles. The number of hydrogen-bond acceptors (Lipinski definition) is 3. The van der Waals surface area contributed by atoms with E-state index in [0.29, 0.717) is 6.04 Å². The molecule has 0 saturated heterocycles. The van der Waals surface area contributed by atoms with Crippen LogP contribution in [0, 0.1) is 0 Å². The summed E-state index contributed by atoms with van der Waals surface area (Å²) in [5.74, 6) is 0. The second-order valence-electron chi connectivity index (χ2n) is 6.23. The molecule has 106 valence electrons. The largest absolute Gasteiger partial charge is 0.389 e. The molecule has 2 fully saturated rings. The first-order valence-corrected chi connectivity index (χ1v) is 8.99. The summed E-state index contributed by atoms with van der Waals surface area (Å²) in [6.45, 7) is 0.821. The Morgan fingerprint density at radius 2 is 1.67 bits per heavy atom. The zero-order valence-corrected chi connectivity index (χ0v) is 12.6. The van der Waals surface area contributed by atoms with Crippen molar-refractivity contribution in [1.29, 1.82) is 0 Å². The second kappa shape index (κ2) is 7.16. The van der Waals surface area contributed by atoms with Crippen LogP contribution in [0.3, 0.4) is 0 Å². The number of nitrogens with one attached hydrogen (secondary N) is 1. The highest BCUT2D eigenvalue weighted by Gasteiger charge is 2.29. The maximum atomic E-state index is 10.6. The van der Waals surface area contributed by atoms with Crippen LogP contribution in [0.15, 0.2) is 0 Å². The lowest BCUT2D eigenvalue weighted by Gasteiger charge is -2.33. The molecular formula is C15H29NOS. The van der Waals surface area contributed by atoms with E-state index in [4.69, 9.17) is 0 Å². The molecule has 2 saturated carbocycles. The van der Waals surface area contributed by atoms with Crippen molar-refractivity contribution in [2.75, 3.05) is 12.8 Å². The molecule has 2 aliphatic carbocycles. The van der Waals surface area contributed by atoms with Crippen molar-refractivity contribution in [1.82, 2.24) is 5.32 Å². The number of hydrogen-bond donors (Lipinski definition) is 2. The van der Waals surface area contributed by atoms with Crippen LogP contribution in [-0.2, 0) is 0 Å². The standard InChI is InChI=1S/C15H29NOS/c1-18-14-8-6-13(7-9-14)16-12-15(17)10-4-2-3-5-11-15/h13-14,16-17H,2-12H2,1H3. The Kier molecular flexibility index (Phi) is 5.84. The molecule has 0 aromatic carbocycles. The van der Waals surface area contributed by atoms with Gasteiger partial charge in [0.1, 0.15) is 0 Å². The lowest BCUT2D eigenvalue weighted by molar-refractivity contribution is 0.0216. The average Bonchev–Trinajstić information content (AvgIpc) is 2.62. The fraction of sp³-hybridized carbons (Fsp3) is 1.00. The fourth-order valence-electron chi connectivity index (χ4n) is 3.40. The third kappa shape index (κ3) is 4.43. The maximum Gasteiger partial charge on any atom is 0.0771 e. The third-order valence-corrected chi connectivity index (χ3v) is 5.90. The molecule has 0 bridgehead atoms. The molecule has 0 aromatic rings. The van der Waals surface area contributed by atoms with E-state index < -0.39 is 5.60 Å². The monoisotopic (exact) mass is 271 g/mol. The van der Waals surface area contributed by atoms with E-state index in [9.17, 15) is 5.11 Å². The topological polar surface area (TPSA) is 32.3 Å². The molecule has 3 heteroatoms. The van der Waals surface area contributed by atoms with E-state index >= 15 is 0 Å². The van der Waals surface area contributed by atoms with Crippen LogP contribution >= 0.6 is 11.8 Å². The molecule has 0 amide bonds. The Morgan fingerprint density at radius 1 is 1.06 bits per heavy atom. The van der Waals surface area contributed by atoms with Crippen molar-refractivity contribution in [3.8, 4) is 0 Å². The smallest absolute Gasteiger partial charge is 0.0771 e. The minimum absolute atomic E-state index is 0.410. The number of rotatable bonds is 4. The van der Waals surface area contributed by atoms with Crippen LogP contribution in [0.25, 0.3) is 0 Å². The van der Waals surface area contributed by atoms with Crippen LogP contribution in [0.4, 0.5) is 0 Å². The van der Waals surface area contributed by atoms with Gasteiger partial charge in [-0.15, -0.1) is 0 Å². The molecule has 0 radical (unpaired) electrons. The minimum Gasteiger partial charge on any atom is -0.389 e. The van der Waals surface area contributed by atoms with Crippen LogP contribution in [0.5, 0.6) is 0 Å². The summed E-state index contributed by atoms with van der Waals surface area (Å²) < 4.78 is 0. The summed E-state index contributed by atoms with van der Waals surface area (Å²) >= 11 is 2.02. The molecule has 0 aromatic heterocycles. The Balaban J connectivity index is 1.70. The summed E-state index contributed by atoms with van der Waals surface area (Å²) in [4.78, 5) is 0. The molecule has 18 heavy (non-hydrogen) atoms. The summed E-state index contributed by atoms with van der Waals surface area (Å²) in [5, 5.41) is 15.1. The van der Waals surface area contributed by atoms with E-state index in [0.717, 1.165) is 24.6 Å². The zero-order valence-electron chi connectivity index (χ0n) is 11.8. The highest BCUT2D eigenvalue weighted by atomic mass is 32.2. The van der Waals surface area contributed by atoms with Gasteiger partial charge in [0.2, 0.25) is 0 Å². The molecular weight excluding hydrogens is 242 g/mol. The lowest BCUT2D eigenvalue weighted by atomic mass is 9.91. The first-order chi connectivity index (χ1) is 8.72. The van der Waals surface area contributed by atoms with E-state index in [1.807, 2.05) is 11.8 Å². The zero-order chi connectivity index (χ0) is 12.8. The highest BCUT2D eigenvalue weighted by Crippen LogP contribution is 2.29. The molecule has 2 rings (SSSR count). The summed E-state index contributed by atoms with van der Waals surface area (Å²) in [6, 6.07) is 0.653. The minimum atomic E-state index is -0.410. The van der Waals surface area contributed by atoms with Gasteiger partial charge in [0.15, 0.2) is 0 Å². The van der Waals surface area contributed by atoms with Gasteiger partial charge in [0.05, 0.1) is 5.60 Å². The van der Waals surface area contributed by atoms with E-state index in [1.54, 1.807) is 0 Å². The lowest BCUT2D eigenvalue weighted by Crippen LogP contribution is -2.45. The Hall–Kier alpha value is 0.270. The van der Waals surface area contributed by atoms with E-state index in [-0.39, 0.29) is 0 Å². The van der Waals surface area contributed by atoms with Crippen LogP contribution < -0.4 is 5.32 Å². The third-order valence-electron chi connectivity index (χ3n) is 4.76. The first-order valence-electron chi connectivity index (χ1n) is 7.70. The molecule has 0 aliphatic heterocycles. The second-order valence-corrected chi connectivity index (χ2v) is 7.37. The van der Waals surface area contributed by atoms with Gasteiger partial charge in [-0.25, -0.2) is 0 Å². The van der Waals surface area contributed by atoms with Crippen molar-refractivity contribution in [3.05, 3.63) is 0 Å².